The molecule has 2 N–H and O–H groups in total. The van der Waals surface area contributed by atoms with E-state index in [0.29, 0.717) is 22.8 Å². The van der Waals surface area contributed by atoms with E-state index in [1.54, 1.807) is 6.20 Å². The molecule has 5 heterocycles. The maximum atomic E-state index is 16.5. The number of halogens is 2. The van der Waals surface area contributed by atoms with Crippen molar-refractivity contribution in [1.82, 2.24) is 19.9 Å². The number of nitrogen functional groups attached to an aromatic ring is 1. The van der Waals surface area contributed by atoms with Crippen molar-refractivity contribution in [2.24, 2.45) is 5.92 Å². The molecule has 1 fully saturated rings. The van der Waals surface area contributed by atoms with Crippen LogP contribution in [0.3, 0.4) is 0 Å². The lowest BCUT2D eigenvalue weighted by molar-refractivity contribution is 0.135. The van der Waals surface area contributed by atoms with E-state index in [1.165, 1.54) is 0 Å². The van der Waals surface area contributed by atoms with Crippen molar-refractivity contribution in [3.05, 3.63) is 40.7 Å². The fourth-order valence-corrected chi connectivity index (χ4v) is 6.60. The van der Waals surface area contributed by atoms with Crippen molar-refractivity contribution >= 4 is 43.3 Å². The molecule has 4 aromatic rings. The SMILES string of the molecule is CC1C(CN(C)C)CCN1c1ncc2c3c(c(-c4ncc(F)c5sc(N)c(C#N)c45)c(F)c2n1)COC3. The highest BCUT2D eigenvalue weighted by Gasteiger charge is 2.34. The van der Waals surface area contributed by atoms with Crippen LogP contribution in [-0.2, 0) is 18.0 Å². The minimum atomic E-state index is -0.606. The number of pyridine rings is 1. The monoisotopic (exact) mass is 521 g/mol. The summed E-state index contributed by atoms with van der Waals surface area (Å²) in [5.74, 6) is -0.271. The van der Waals surface area contributed by atoms with Gasteiger partial charge in [0.2, 0.25) is 5.95 Å². The molecule has 1 aromatic carbocycles. The van der Waals surface area contributed by atoms with Gasteiger partial charge in [0.25, 0.3) is 0 Å². The number of hydrogen-bond acceptors (Lipinski definition) is 9. The summed E-state index contributed by atoms with van der Waals surface area (Å²) in [6.45, 7) is 4.32. The largest absolute Gasteiger partial charge is 0.389 e. The lowest BCUT2D eigenvalue weighted by Gasteiger charge is -2.26. The van der Waals surface area contributed by atoms with E-state index in [1.807, 2.05) is 6.07 Å². The second-order valence-electron chi connectivity index (χ2n) is 9.93. The van der Waals surface area contributed by atoms with Crippen molar-refractivity contribution in [3.8, 4) is 17.3 Å². The van der Waals surface area contributed by atoms with E-state index >= 15 is 4.39 Å². The summed E-state index contributed by atoms with van der Waals surface area (Å²) in [7, 11) is 4.11. The van der Waals surface area contributed by atoms with Gasteiger partial charge in [-0.1, -0.05) is 0 Å². The second-order valence-corrected chi connectivity index (χ2v) is 11.0. The van der Waals surface area contributed by atoms with Gasteiger partial charge in [0.15, 0.2) is 11.6 Å². The smallest absolute Gasteiger partial charge is 0.226 e. The Labute approximate surface area is 216 Å². The van der Waals surface area contributed by atoms with Crippen LogP contribution in [0.5, 0.6) is 0 Å². The predicted molar refractivity (Wildman–Crippen MR) is 139 cm³/mol. The topological polar surface area (TPSA) is 104 Å². The first kappa shape index (κ1) is 23.9. The van der Waals surface area contributed by atoms with Crippen molar-refractivity contribution in [1.29, 1.82) is 5.26 Å². The van der Waals surface area contributed by atoms with Gasteiger partial charge in [-0.25, -0.2) is 18.7 Å². The summed E-state index contributed by atoms with van der Waals surface area (Å²) in [5, 5.41) is 10.7. The minimum absolute atomic E-state index is 0.0929. The Hall–Kier alpha value is -3.46. The molecule has 2 atom stereocenters. The van der Waals surface area contributed by atoms with E-state index < -0.39 is 11.6 Å². The molecule has 2 aliphatic heterocycles. The molecular formula is C26H25F2N7OS. The molecule has 0 saturated carbocycles. The number of nitriles is 1. The Morgan fingerprint density at radius 1 is 1.24 bits per heavy atom. The molecule has 0 spiro atoms. The Morgan fingerprint density at radius 3 is 2.78 bits per heavy atom. The first-order chi connectivity index (χ1) is 17.8. The third-order valence-corrected chi connectivity index (χ3v) is 8.53. The molecule has 0 aliphatic carbocycles. The van der Waals surface area contributed by atoms with E-state index in [-0.39, 0.29) is 56.7 Å². The van der Waals surface area contributed by atoms with Gasteiger partial charge in [-0.2, -0.15) is 5.26 Å². The highest BCUT2D eigenvalue weighted by molar-refractivity contribution is 7.23. The van der Waals surface area contributed by atoms with Crippen LogP contribution < -0.4 is 10.6 Å². The van der Waals surface area contributed by atoms with Gasteiger partial charge in [-0.15, -0.1) is 11.3 Å². The van der Waals surface area contributed by atoms with Crippen LogP contribution in [0.2, 0.25) is 0 Å². The average Bonchev–Trinajstić information content (AvgIpc) is 3.58. The quantitative estimate of drug-likeness (QED) is 0.420. The average molecular weight is 522 g/mol. The molecule has 0 amide bonds. The van der Waals surface area contributed by atoms with E-state index in [4.69, 9.17) is 15.5 Å². The summed E-state index contributed by atoms with van der Waals surface area (Å²) in [6.07, 6.45) is 3.71. The third kappa shape index (κ3) is 3.62. The zero-order chi connectivity index (χ0) is 26.0. The second kappa shape index (κ2) is 8.83. The van der Waals surface area contributed by atoms with Crippen LogP contribution >= 0.6 is 11.3 Å². The molecule has 37 heavy (non-hydrogen) atoms. The number of ether oxygens (including phenoxy) is 1. The summed E-state index contributed by atoms with van der Waals surface area (Å²) >= 11 is 0.956. The fourth-order valence-electron chi connectivity index (χ4n) is 5.68. The van der Waals surface area contributed by atoms with Gasteiger partial charge in [0.1, 0.15) is 16.6 Å². The maximum Gasteiger partial charge on any atom is 0.226 e. The Bertz CT molecular complexity index is 1610. The molecule has 1 saturated heterocycles. The number of aromatic nitrogens is 3. The molecule has 2 unspecified atom stereocenters. The number of nitrogens with zero attached hydrogens (tertiary/aromatic N) is 6. The van der Waals surface area contributed by atoms with Crippen molar-refractivity contribution in [2.45, 2.75) is 32.6 Å². The Balaban J connectivity index is 1.57. The molecule has 2 aliphatic rings. The first-order valence-electron chi connectivity index (χ1n) is 12.1. The van der Waals surface area contributed by atoms with Gasteiger partial charge in [0, 0.05) is 41.7 Å². The number of thiophene rings is 1. The van der Waals surface area contributed by atoms with Gasteiger partial charge in [-0.3, -0.25) is 4.98 Å². The van der Waals surface area contributed by atoms with Gasteiger partial charge in [-0.05, 0) is 44.5 Å². The van der Waals surface area contributed by atoms with Crippen LogP contribution in [0.15, 0.2) is 12.4 Å². The Kier molecular flexibility index (Phi) is 5.71. The predicted octanol–water partition coefficient (Wildman–Crippen LogP) is 4.45. The van der Waals surface area contributed by atoms with Gasteiger partial charge >= 0.3 is 0 Å². The molecule has 11 heteroatoms. The molecule has 0 radical (unpaired) electrons. The zero-order valence-corrected chi connectivity index (χ0v) is 21.5. The summed E-state index contributed by atoms with van der Waals surface area (Å²) in [4.78, 5) is 17.9. The summed E-state index contributed by atoms with van der Waals surface area (Å²) < 4.78 is 37.0. The van der Waals surface area contributed by atoms with Crippen LogP contribution in [0, 0.1) is 28.9 Å². The Morgan fingerprint density at radius 2 is 2.03 bits per heavy atom. The third-order valence-electron chi connectivity index (χ3n) is 7.50. The fraction of sp³-hybridized carbons (Fsp3) is 0.385. The molecule has 3 aromatic heterocycles. The maximum absolute atomic E-state index is 16.5. The highest BCUT2D eigenvalue weighted by atomic mass is 32.1. The van der Waals surface area contributed by atoms with E-state index in [2.05, 4.69) is 40.8 Å². The number of nitrogens with two attached hydrogens (primary N) is 1. The van der Waals surface area contributed by atoms with Gasteiger partial charge < -0.3 is 20.3 Å². The molecule has 190 valence electrons. The minimum Gasteiger partial charge on any atom is -0.389 e. The number of rotatable bonds is 4. The molecular weight excluding hydrogens is 496 g/mol. The number of fused-ring (bicyclic) bond motifs is 4. The number of hydrogen-bond donors (Lipinski definition) is 1. The standard InChI is InChI=1S/C26H25F2N7OS/c1-12-13(9-34(2)3)4-5-35(12)26-32-7-15-16-10-36-11-17(16)19(21(28)22(15)33-26)23-20-14(6-29)25(30)37-24(20)18(27)8-31-23/h7-8,12-13H,4-5,9-11,30H2,1-3H3. The molecule has 0 bridgehead atoms. The lowest BCUT2D eigenvalue weighted by atomic mass is 9.94. The zero-order valence-electron chi connectivity index (χ0n) is 20.7. The number of benzene rings is 1. The van der Waals surface area contributed by atoms with E-state index in [0.717, 1.165) is 42.6 Å². The lowest BCUT2D eigenvalue weighted by Crippen LogP contribution is -2.35. The van der Waals surface area contributed by atoms with Crippen molar-refractivity contribution in [3.63, 3.8) is 0 Å². The first-order valence-corrected chi connectivity index (χ1v) is 12.9. The normalized spacial score (nSPS) is 19.3. The number of anilines is 2. The summed E-state index contributed by atoms with van der Waals surface area (Å²) in [5.41, 5.74) is 8.00. The van der Waals surface area contributed by atoms with Gasteiger partial charge in [0.05, 0.1) is 35.4 Å². The molecule has 8 nitrogen and oxygen atoms in total. The van der Waals surface area contributed by atoms with Crippen LogP contribution in [-0.4, -0.2) is 53.1 Å². The van der Waals surface area contributed by atoms with Crippen molar-refractivity contribution in [2.75, 3.05) is 37.8 Å². The van der Waals surface area contributed by atoms with Crippen LogP contribution in [0.1, 0.15) is 30.0 Å². The van der Waals surface area contributed by atoms with Crippen molar-refractivity contribution < 1.29 is 13.5 Å². The van der Waals surface area contributed by atoms with Crippen LogP contribution in [0.4, 0.5) is 19.7 Å². The highest BCUT2D eigenvalue weighted by Crippen LogP contribution is 2.45. The van der Waals surface area contributed by atoms with Crippen LogP contribution in [0.25, 0.3) is 32.2 Å². The molecule has 6 rings (SSSR count). The van der Waals surface area contributed by atoms with E-state index in [9.17, 15) is 9.65 Å². The summed E-state index contributed by atoms with van der Waals surface area (Å²) in [6, 6.07) is 2.24.